The Hall–Kier alpha value is -1.63. The smallest absolute Gasteiger partial charge is 0.243 e. The third-order valence-corrected chi connectivity index (χ3v) is 3.59. The van der Waals surface area contributed by atoms with E-state index in [9.17, 15) is 13.2 Å². The second kappa shape index (κ2) is 4.48. The maximum absolute atomic E-state index is 11.5. The number of pyridine rings is 1. The largest absolute Gasteiger partial charge is 0.396 e. The van der Waals surface area contributed by atoms with Crippen LogP contribution in [0.5, 0.6) is 0 Å². The zero-order valence-electron chi connectivity index (χ0n) is 8.97. The van der Waals surface area contributed by atoms with Crippen LogP contribution in [-0.2, 0) is 14.6 Å². The summed E-state index contributed by atoms with van der Waals surface area (Å²) in [6.45, 7) is 1.31. The minimum atomic E-state index is -3.42. The Labute approximate surface area is 93.8 Å². The van der Waals surface area contributed by atoms with Gasteiger partial charge in [-0.2, -0.15) is 0 Å². The van der Waals surface area contributed by atoms with E-state index in [1.54, 1.807) is 12.1 Å². The average Bonchev–Trinajstić information content (AvgIpc) is 2.19. The Kier molecular flexibility index (Phi) is 3.48. The number of sulfone groups is 1. The molecule has 1 heterocycles. The van der Waals surface area contributed by atoms with Gasteiger partial charge in [-0.3, -0.25) is 4.79 Å². The molecule has 16 heavy (non-hydrogen) atoms. The van der Waals surface area contributed by atoms with E-state index in [4.69, 9.17) is 5.73 Å². The summed E-state index contributed by atoms with van der Waals surface area (Å²) in [5, 5.41) is 1.23. The van der Waals surface area contributed by atoms with Crippen molar-refractivity contribution in [2.24, 2.45) is 0 Å². The van der Waals surface area contributed by atoms with Gasteiger partial charge in [0.05, 0.1) is 5.69 Å². The molecule has 3 N–H and O–H groups in total. The molecule has 7 heteroatoms. The highest BCUT2D eigenvalue weighted by Gasteiger charge is 2.24. The first-order chi connectivity index (χ1) is 7.32. The zero-order valence-corrected chi connectivity index (χ0v) is 9.78. The SMILES string of the molecule is CC(C(=O)Nc1ncccc1N)S(C)(=O)=O. The zero-order chi connectivity index (χ0) is 12.3. The highest BCUT2D eigenvalue weighted by atomic mass is 32.2. The number of hydrogen-bond donors (Lipinski definition) is 2. The van der Waals surface area contributed by atoms with Crippen LogP contribution in [0.4, 0.5) is 11.5 Å². The molecule has 0 fully saturated rings. The van der Waals surface area contributed by atoms with Gasteiger partial charge in [0.1, 0.15) is 5.25 Å². The minimum Gasteiger partial charge on any atom is -0.396 e. The molecule has 88 valence electrons. The first-order valence-electron chi connectivity index (χ1n) is 4.52. The molecule has 0 aliphatic carbocycles. The Morgan fingerprint density at radius 1 is 1.56 bits per heavy atom. The summed E-state index contributed by atoms with van der Waals surface area (Å²) in [5.74, 6) is -0.476. The molecule has 0 aromatic carbocycles. The van der Waals surface area contributed by atoms with Gasteiger partial charge in [0.15, 0.2) is 15.7 Å². The van der Waals surface area contributed by atoms with Crippen LogP contribution < -0.4 is 11.1 Å². The van der Waals surface area contributed by atoms with E-state index in [1.165, 1.54) is 13.1 Å². The van der Waals surface area contributed by atoms with E-state index in [-0.39, 0.29) is 11.5 Å². The summed E-state index contributed by atoms with van der Waals surface area (Å²) in [7, 11) is -3.42. The fourth-order valence-electron chi connectivity index (χ4n) is 0.935. The Balaban J connectivity index is 2.84. The van der Waals surface area contributed by atoms with E-state index in [2.05, 4.69) is 10.3 Å². The number of carbonyl (C=O) groups is 1. The van der Waals surface area contributed by atoms with Crippen LogP contribution >= 0.6 is 0 Å². The third kappa shape index (κ3) is 2.93. The van der Waals surface area contributed by atoms with Crippen LogP contribution in [0.3, 0.4) is 0 Å². The Morgan fingerprint density at radius 2 is 2.19 bits per heavy atom. The van der Waals surface area contributed by atoms with Crippen LogP contribution in [0.1, 0.15) is 6.92 Å². The molecule has 1 rings (SSSR count). The lowest BCUT2D eigenvalue weighted by atomic mass is 10.3. The molecular formula is C9H13N3O3S. The number of amides is 1. The van der Waals surface area contributed by atoms with Crippen molar-refractivity contribution >= 4 is 27.2 Å². The number of nitrogen functional groups attached to an aromatic ring is 1. The van der Waals surface area contributed by atoms with Crippen molar-refractivity contribution in [3.05, 3.63) is 18.3 Å². The van der Waals surface area contributed by atoms with Gasteiger partial charge in [-0.05, 0) is 19.1 Å². The van der Waals surface area contributed by atoms with Gasteiger partial charge in [0.2, 0.25) is 5.91 Å². The standard InChI is InChI=1S/C9H13N3O3S/c1-6(16(2,14)15)9(13)12-8-7(10)4-3-5-11-8/h3-6H,10H2,1-2H3,(H,11,12,13). The number of nitrogens with zero attached hydrogens (tertiary/aromatic N) is 1. The predicted molar refractivity (Wildman–Crippen MR) is 61.6 cm³/mol. The normalized spacial score (nSPS) is 13.1. The van der Waals surface area contributed by atoms with E-state index >= 15 is 0 Å². The fourth-order valence-corrected chi connectivity index (χ4v) is 1.38. The van der Waals surface area contributed by atoms with Crippen LogP contribution in [0.2, 0.25) is 0 Å². The lowest BCUT2D eigenvalue weighted by Gasteiger charge is -2.10. The van der Waals surface area contributed by atoms with Crippen molar-refractivity contribution in [3.8, 4) is 0 Å². The summed E-state index contributed by atoms with van der Waals surface area (Å²) in [6, 6.07) is 3.18. The molecule has 0 aliphatic heterocycles. The molecule has 1 aromatic rings. The van der Waals surface area contributed by atoms with Gasteiger partial charge in [0.25, 0.3) is 0 Å². The van der Waals surface area contributed by atoms with Gasteiger partial charge >= 0.3 is 0 Å². The number of hydrogen-bond acceptors (Lipinski definition) is 5. The number of nitrogens with two attached hydrogens (primary N) is 1. The van der Waals surface area contributed by atoms with Gasteiger partial charge in [-0.15, -0.1) is 0 Å². The van der Waals surface area contributed by atoms with Crippen molar-refractivity contribution in [3.63, 3.8) is 0 Å². The lowest BCUT2D eigenvalue weighted by molar-refractivity contribution is -0.115. The monoisotopic (exact) mass is 243 g/mol. The first kappa shape index (κ1) is 12.4. The molecule has 0 aliphatic rings. The van der Waals surface area contributed by atoms with Crippen molar-refractivity contribution in [1.82, 2.24) is 4.98 Å². The topological polar surface area (TPSA) is 102 Å². The van der Waals surface area contributed by atoms with Crippen LogP contribution in [0.25, 0.3) is 0 Å². The molecule has 0 saturated heterocycles. The summed E-state index contributed by atoms with van der Waals surface area (Å²) in [5.41, 5.74) is 5.84. The minimum absolute atomic E-state index is 0.169. The molecule has 1 unspecified atom stereocenters. The highest BCUT2D eigenvalue weighted by Crippen LogP contribution is 2.14. The van der Waals surface area contributed by atoms with Gasteiger partial charge in [-0.1, -0.05) is 0 Å². The number of nitrogens with one attached hydrogen (secondary N) is 1. The van der Waals surface area contributed by atoms with Crippen LogP contribution in [0, 0.1) is 0 Å². The van der Waals surface area contributed by atoms with E-state index in [1.807, 2.05) is 0 Å². The molecular weight excluding hydrogens is 230 g/mol. The van der Waals surface area contributed by atoms with Crippen molar-refractivity contribution in [1.29, 1.82) is 0 Å². The van der Waals surface area contributed by atoms with Crippen molar-refractivity contribution < 1.29 is 13.2 Å². The molecule has 1 atom stereocenters. The molecule has 0 radical (unpaired) electrons. The van der Waals surface area contributed by atoms with Crippen molar-refractivity contribution in [2.75, 3.05) is 17.3 Å². The van der Waals surface area contributed by atoms with E-state index < -0.39 is 21.0 Å². The number of aromatic nitrogens is 1. The summed E-state index contributed by atoms with van der Waals surface area (Å²) >= 11 is 0. The number of anilines is 2. The van der Waals surface area contributed by atoms with Crippen molar-refractivity contribution in [2.45, 2.75) is 12.2 Å². The van der Waals surface area contributed by atoms with E-state index in [0.29, 0.717) is 0 Å². The van der Waals surface area contributed by atoms with E-state index in [0.717, 1.165) is 6.26 Å². The predicted octanol–water partition coefficient (Wildman–Crippen LogP) is 0.0354. The summed E-state index contributed by atoms with van der Waals surface area (Å²) < 4.78 is 22.3. The van der Waals surface area contributed by atoms with Gasteiger partial charge < -0.3 is 11.1 Å². The lowest BCUT2D eigenvalue weighted by Crippen LogP contribution is -2.32. The summed E-state index contributed by atoms with van der Waals surface area (Å²) in [4.78, 5) is 15.4. The molecule has 1 aromatic heterocycles. The Bertz CT molecular complexity index is 498. The molecule has 0 bridgehead atoms. The molecule has 1 amide bonds. The second-order valence-electron chi connectivity index (χ2n) is 3.40. The fraction of sp³-hybridized carbons (Fsp3) is 0.333. The maximum atomic E-state index is 11.5. The highest BCUT2D eigenvalue weighted by molar-refractivity contribution is 7.92. The maximum Gasteiger partial charge on any atom is 0.243 e. The second-order valence-corrected chi connectivity index (χ2v) is 5.77. The third-order valence-electron chi connectivity index (χ3n) is 2.09. The summed E-state index contributed by atoms with van der Waals surface area (Å²) in [6.07, 6.45) is 2.45. The number of rotatable bonds is 3. The first-order valence-corrected chi connectivity index (χ1v) is 6.48. The Morgan fingerprint density at radius 3 is 2.69 bits per heavy atom. The molecule has 6 nitrogen and oxygen atoms in total. The average molecular weight is 243 g/mol. The van der Waals surface area contributed by atoms with Gasteiger partial charge in [-0.25, -0.2) is 13.4 Å². The quantitative estimate of drug-likeness (QED) is 0.780. The molecule has 0 saturated carbocycles. The van der Waals surface area contributed by atoms with Gasteiger partial charge in [0, 0.05) is 12.5 Å². The van der Waals surface area contributed by atoms with Crippen LogP contribution in [-0.4, -0.2) is 30.8 Å². The number of carbonyl (C=O) groups excluding carboxylic acids is 1. The molecule has 0 spiro atoms. The van der Waals surface area contributed by atoms with Crippen LogP contribution in [0.15, 0.2) is 18.3 Å².